The van der Waals surface area contributed by atoms with Crippen molar-refractivity contribution in [3.8, 4) is 0 Å². The molecular formula is C8H14O3S. The Morgan fingerprint density at radius 3 is 2.67 bits per heavy atom. The quantitative estimate of drug-likeness (QED) is 0.531. The zero-order chi connectivity index (χ0) is 9.56. The standard InChI is InChI=1S/C8H14O3S/c1-6(8(9)10)4-3-5-11-7(2)12/h6H,3-5H2,1-2H3,(H,9,10). The van der Waals surface area contributed by atoms with Crippen molar-refractivity contribution in [3.63, 3.8) is 0 Å². The number of hydrogen-bond acceptors (Lipinski definition) is 3. The Morgan fingerprint density at radius 1 is 1.67 bits per heavy atom. The molecule has 0 spiro atoms. The first-order valence-electron chi connectivity index (χ1n) is 3.90. The van der Waals surface area contributed by atoms with Crippen LogP contribution >= 0.6 is 12.2 Å². The molecule has 0 aliphatic rings. The van der Waals surface area contributed by atoms with E-state index in [1.165, 1.54) is 0 Å². The predicted molar refractivity (Wildman–Crippen MR) is 50.3 cm³/mol. The Hall–Kier alpha value is -0.640. The van der Waals surface area contributed by atoms with Gasteiger partial charge in [-0.2, -0.15) is 0 Å². The minimum Gasteiger partial charge on any atom is -0.487 e. The normalized spacial score (nSPS) is 12.2. The van der Waals surface area contributed by atoms with Crippen molar-refractivity contribution in [2.45, 2.75) is 26.7 Å². The van der Waals surface area contributed by atoms with Crippen molar-refractivity contribution in [1.29, 1.82) is 0 Å². The van der Waals surface area contributed by atoms with Gasteiger partial charge in [-0.3, -0.25) is 4.79 Å². The maximum absolute atomic E-state index is 10.4. The third-order valence-electron chi connectivity index (χ3n) is 1.51. The number of carbonyl (C=O) groups is 1. The lowest BCUT2D eigenvalue weighted by Crippen LogP contribution is -2.10. The third-order valence-corrected chi connectivity index (χ3v) is 1.63. The smallest absolute Gasteiger partial charge is 0.306 e. The highest BCUT2D eigenvalue weighted by Crippen LogP contribution is 2.05. The van der Waals surface area contributed by atoms with Crippen molar-refractivity contribution < 1.29 is 14.6 Å². The van der Waals surface area contributed by atoms with Gasteiger partial charge in [0.05, 0.1) is 12.5 Å². The first kappa shape index (κ1) is 11.4. The van der Waals surface area contributed by atoms with Crippen molar-refractivity contribution in [3.05, 3.63) is 0 Å². The van der Waals surface area contributed by atoms with E-state index in [0.29, 0.717) is 18.1 Å². The molecular weight excluding hydrogens is 176 g/mol. The van der Waals surface area contributed by atoms with Crippen LogP contribution in [0.15, 0.2) is 0 Å². The molecule has 0 aliphatic heterocycles. The number of hydrogen-bond donors (Lipinski definition) is 1. The summed E-state index contributed by atoms with van der Waals surface area (Å²) >= 11 is 4.69. The molecule has 0 aromatic heterocycles. The van der Waals surface area contributed by atoms with Crippen molar-refractivity contribution in [1.82, 2.24) is 0 Å². The van der Waals surface area contributed by atoms with Gasteiger partial charge in [-0.05, 0) is 25.1 Å². The van der Waals surface area contributed by atoms with Crippen LogP contribution in [0.3, 0.4) is 0 Å². The molecule has 0 heterocycles. The third kappa shape index (κ3) is 6.09. The molecule has 4 heteroatoms. The lowest BCUT2D eigenvalue weighted by atomic mass is 10.1. The van der Waals surface area contributed by atoms with Crippen molar-refractivity contribution in [2.24, 2.45) is 5.92 Å². The first-order valence-corrected chi connectivity index (χ1v) is 4.31. The summed E-state index contributed by atoms with van der Waals surface area (Å²) in [5, 5.41) is 9.04. The van der Waals surface area contributed by atoms with E-state index < -0.39 is 5.97 Å². The van der Waals surface area contributed by atoms with E-state index in [0.717, 1.165) is 6.42 Å². The number of thiocarbonyl (C=S) groups is 1. The fourth-order valence-electron chi connectivity index (χ4n) is 0.729. The summed E-state index contributed by atoms with van der Waals surface area (Å²) in [7, 11) is 0. The number of ether oxygens (including phenoxy) is 1. The van der Waals surface area contributed by atoms with E-state index in [1.54, 1.807) is 13.8 Å². The maximum Gasteiger partial charge on any atom is 0.306 e. The molecule has 3 nitrogen and oxygen atoms in total. The lowest BCUT2D eigenvalue weighted by Gasteiger charge is -2.06. The molecule has 0 aromatic rings. The molecule has 1 atom stereocenters. The molecule has 0 amide bonds. The predicted octanol–water partition coefficient (Wildman–Crippen LogP) is 1.85. The van der Waals surface area contributed by atoms with Gasteiger partial charge in [0.2, 0.25) is 0 Å². The highest BCUT2D eigenvalue weighted by molar-refractivity contribution is 7.80. The Kier molecular flexibility index (Phi) is 5.62. The lowest BCUT2D eigenvalue weighted by molar-refractivity contribution is -0.141. The van der Waals surface area contributed by atoms with Gasteiger partial charge in [0.15, 0.2) is 5.05 Å². The highest BCUT2D eigenvalue weighted by Gasteiger charge is 2.09. The zero-order valence-corrected chi connectivity index (χ0v) is 8.19. The van der Waals surface area contributed by atoms with Crippen LogP contribution in [-0.2, 0) is 9.53 Å². The van der Waals surface area contributed by atoms with E-state index in [9.17, 15) is 4.79 Å². The number of carboxylic acids is 1. The SMILES string of the molecule is CC(=S)OCCCC(C)C(=O)O. The fraction of sp³-hybridized carbons (Fsp3) is 0.750. The van der Waals surface area contributed by atoms with E-state index in [1.807, 2.05) is 0 Å². The van der Waals surface area contributed by atoms with Gasteiger partial charge in [0, 0.05) is 6.92 Å². The van der Waals surface area contributed by atoms with E-state index in [4.69, 9.17) is 9.84 Å². The molecule has 0 fully saturated rings. The maximum atomic E-state index is 10.4. The monoisotopic (exact) mass is 190 g/mol. The van der Waals surface area contributed by atoms with E-state index in [-0.39, 0.29) is 5.92 Å². The first-order chi connectivity index (χ1) is 5.54. The molecule has 0 saturated carbocycles. The average Bonchev–Trinajstić information content (AvgIpc) is 1.97. The summed E-state index contributed by atoms with van der Waals surface area (Å²) in [5.74, 6) is -1.05. The summed E-state index contributed by atoms with van der Waals surface area (Å²) < 4.78 is 5.01. The van der Waals surface area contributed by atoms with Crippen LogP contribution in [0.2, 0.25) is 0 Å². The number of aliphatic carboxylic acids is 1. The summed E-state index contributed by atoms with van der Waals surface area (Å²) in [6, 6.07) is 0. The van der Waals surface area contributed by atoms with E-state index in [2.05, 4.69) is 12.2 Å². The molecule has 0 saturated heterocycles. The molecule has 0 aromatic carbocycles. The Morgan fingerprint density at radius 2 is 2.25 bits per heavy atom. The van der Waals surface area contributed by atoms with Crippen LogP contribution in [0.4, 0.5) is 0 Å². The number of carboxylic acid groups (broad SMARTS) is 1. The zero-order valence-electron chi connectivity index (χ0n) is 7.37. The van der Waals surface area contributed by atoms with Gasteiger partial charge in [0.1, 0.15) is 0 Å². The van der Waals surface area contributed by atoms with Crippen LogP contribution in [0.25, 0.3) is 0 Å². The minimum atomic E-state index is -0.755. The van der Waals surface area contributed by atoms with Gasteiger partial charge in [-0.15, -0.1) is 0 Å². The second-order valence-corrected chi connectivity index (χ2v) is 3.30. The molecule has 1 unspecified atom stereocenters. The second-order valence-electron chi connectivity index (χ2n) is 2.72. The Bertz CT molecular complexity index is 168. The van der Waals surface area contributed by atoms with Gasteiger partial charge in [0.25, 0.3) is 0 Å². The van der Waals surface area contributed by atoms with Gasteiger partial charge < -0.3 is 9.84 Å². The van der Waals surface area contributed by atoms with Crippen LogP contribution in [0.1, 0.15) is 26.7 Å². The second kappa shape index (κ2) is 5.94. The van der Waals surface area contributed by atoms with Crippen LogP contribution in [-0.4, -0.2) is 22.7 Å². The van der Waals surface area contributed by atoms with Crippen LogP contribution < -0.4 is 0 Å². The highest BCUT2D eigenvalue weighted by atomic mass is 32.1. The molecule has 0 rings (SSSR count). The molecule has 1 N–H and O–H groups in total. The Balaban J connectivity index is 3.31. The summed E-state index contributed by atoms with van der Waals surface area (Å²) in [6.07, 6.45) is 1.37. The largest absolute Gasteiger partial charge is 0.487 e. The van der Waals surface area contributed by atoms with Crippen molar-refractivity contribution >= 4 is 23.2 Å². The Labute approximate surface area is 77.7 Å². The van der Waals surface area contributed by atoms with Gasteiger partial charge in [-0.25, -0.2) is 0 Å². The average molecular weight is 190 g/mol. The molecule has 0 radical (unpaired) electrons. The van der Waals surface area contributed by atoms with Gasteiger partial charge >= 0.3 is 5.97 Å². The minimum absolute atomic E-state index is 0.293. The van der Waals surface area contributed by atoms with Crippen LogP contribution in [0.5, 0.6) is 0 Å². The summed E-state index contributed by atoms with van der Waals surface area (Å²) in [4.78, 5) is 10.4. The molecule has 12 heavy (non-hydrogen) atoms. The fourth-order valence-corrected chi connectivity index (χ4v) is 0.812. The van der Waals surface area contributed by atoms with Gasteiger partial charge in [-0.1, -0.05) is 6.92 Å². The number of rotatable bonds is 5. The molecule has 0 bridgehead atoms. The van der Waals surface area contributed by atoms with E-state index >= 15 is 0 Å². The summed E-state index contributed by atoms with van der Waals surface area (Å²) in [6.45, 7) is 3.91. The van der Waals surface area contributed by atoms with Crippen molar-refractivity contribution in [2.75, 3.05) is 6.61 Å². The molecule has 70 valence electrons. The topological polar surface area (TPSA) is 46.5 Å². The summed E-state index contributed by atoms with van der Waals surface area (Å²) in [5.41, 5.74) is 0. The molecule has 0 aliphatic carbocycles. The van der Waals surface area contributed by atoms with Crippen LogP contribution in [0, 0.1) is 5.92 Å².